The van der Waals surface area contributed by atoms with Gasteiger partial charge >= 0.3 is 0 Å². The van der Waals surface area contributed by atoms with Crippen LogP contribution < -0.4 is 15.4 Å². The monoisotopic (exact) mass is 253 g/mol. The molecule has 94 valence electrons. The van der Waals surface area contributed by atoms with Crippen LogP contribution in [-0.2, 0) is 0 Å². The van der Waals surface area contributed by atoms with Gasteiger partial charge in [-0.15, -0.1) is 0 Å². The summed E-state index contributed by atoms with van der Waals surface area (Å²) in [6, 6.07) is 3.54. The summed E-state index contributed by atoms with van der Waals surface area (Å²) in [6.07, 6.45) is 1.32. The molecule has 2 N–H and O–H groups in total. The molecule has 0 bridgehead atoms. The molecule has 0 aliphatic rings. The molecule has 0 amide bonds. The van der Waals surface area contributed by atoms with Crippen molar-refractivity contribution in [1.29, 1.82) is 0 Å². The zero-order valence-corrected chi connectivity index (χ0v) is 9.35. The van der Waals surface area contributed by atoms with E-state index in [1.165, 1.54) is 19.4 Å². The van der Waals surface area contributed by atoms with E-state index in [-0.39, 0.29) is 23.1 Å². The maximum absolute atomic E-state index is 13.6. The van der Waals surface area contributed by atoms with Gasteiger partial charge in [-0.1, -0.05) is 0 Å². The summed E-state index contributed by atoms with van der Waals surface area (Å²) >= 11 is 0. The minimum Gasteiger partial charge on any atom is -0.480 e. The van der Waals surface area contributed by atoms with Gasteiger partial charge in [0.2, 0.25) is 5.88 Å². The molecule has 0 spiro atoms. The van der Waals surface area contributed by atoms with Crippen molar-refractivity contribution in [2.24, 2.45) is 0 Å². The Balaban J connectivity index is 2.51. The summed E-state index contributed by atoms with van der Waals surface area (Å²) in [5.74, 6) is -0.764. The van der Waals surface area contributed by atoms with Crippen LogP contribution in [-0.4, -0.2) is 17.1 Å². The van der Waals surface area contributed by atoms with E-state index in [9.17, 15) is 8.92 Å². The van der Waals surface area contributed by atoms with Crippen molar-refractivity contribution >= 4 is 5.69 Å². The van der Waals surface area contributed by atoms with Crippen LogP contribution in [0.25, 0.3) is 11.3 Å². The van der Waals surface area contributed by atoms with Gasteiger partial charge in [0.1, 0.15) is 11.5 Å². The average molecular weight is 253 g/mol. The first-order valence-electron chi connectivity index (χ1n) is 4.90. The molecule has 2 aromatic heterocycles. The molecule has 0 unspecified atom stereocenters. The van der Waals surface area contributed by atoms with E-state index in [0.29, 0.717) is 5.56 Å². The number of anilines is 1. The Morgan fingerprint density at radius 1 is 1.33 bits per heavy atom. The minimum absolute atomic E-state index is 0.105. The molecule has 0 radical (unpaired) electrons. The predicted octanol–water partition coefficient (Wildman–Crippen LogP) is 2.14. The molecule has 0 fully saturated rings. The highest BCUT2D eigenvalue weighted by molar-refractivity contribution is 5.66. The Bertz CT molecular complexity index is 578. The van der Waals surface area contributed by atoms with Gasteiger partial charge in [-0.2, -0.15) is 0 Å². The first-order valence-corrected chi connectivity index (χ1v) is 4.90. The summed E-state index contributed by atoms with van der Waals surface area (Å²) in [7, 11) is 1.41. The second kappa shape index (κ2) is 4.82. The number of rotatable bonds is 3. The summed E-state index contributed by atoms with van der Waals surface area (Å²) < 4.78 is 30.4. The topological polar surface area (TPSA) is 70.3 Å². The van der Waals surface area contributed by atoms with Gasteiger partial charge in [0.15, 0.2) is 0 Å². The molecular weight excluding hydrogens is 244 g/mol. The zero-order valence-electron chi connectivity index (χ0n) is 9.35. The van der Waals surface area contributed by atoms with Crippen LogP contribution in [0.5, 0.6) is 11.8 Å². The third kappa shape index (κ3) is 2.15. The number of ether oxygens (including phenoxy) is 1. The summed E-state index contributed by atoms with van der Waals surface area (Å²) in [5, 5.41) is 0. The van der Waals surface area contributed by atoms with Crippen LogP contribution in [0.15, 0.2) is 24.4 Å². The Hall–Kier alpha value is -2.44. The van der Waals surface area contributed by atoms with Gasteiger partial charge in [0.25, 0.3) is 5.88 Å². The van der Waals surface area contributed by atoms with E-state index < -0.39 is 5.82 Å². The maximum atomic E-state index is 13.6. The van der Waals surface area contributed by atoms with Crippen LogP contribution in [0.3, 0.4) is 0 Å². The van der Waals surface area contributed by atoms with Crippen LogP contribution in [0.1, 0.15) is 0 Å². The SMILES string of the molecule is COc1ncc(-c2nc(OF)ccc2F)cc1N. The molecule has 0 saturated carbocycles. The van der Waals surface area contributed by atoms with Gasteiger partial charge in [-0.05, 0) is 12.1 Å². The maximum Gasteiger partial charge on any atom is 0.263 e. The Labute approximate surface area is 101 Å². The van der Waals surface area contributed by atoms with Gasteiger partial charge in [0.05, 0.1) is 12.8 Å². The highest BCUT2D eigenvalue weighted by Gasteiger charge is 2.12. The lowest BCUT2D eigenvalue weighted by Gasteiger charge is -2.06. The van der Waals surface area contributed by atoms with E-state index in [1.807, 2.05) is 0 Å². The van der Waals surface area contributed by atoms with Crippen LogP contribution in [0, 0.1) is 5.82 Å². The van der Waals surface area contributed by atoms with Crippen molar-refractivity contribution in [3.63, 3.8) is 0 Å². The van der Waals surface area contributed by atoms with E-state index in [1.54, 1.807) is 0 Å². The van der Waals surface area contributed by atoms with E-state index in [2.05, 4.69) is 14.9 Å². The van der Waals surface area contributed by atoms with Crippen LogP contribution in [0.4, 0.5) is 14.6 Å². The van der Waals surface area contributed by atoms with Crippen molar-refractivity contribution in [1.82, 2.24) is 9.97 Å². The van der Waals surface area contributed by atoms with Crippen LogP contribution >= 0.6 is 0 Å². The zero-order chi connectivity index (χ0) is 13.1. The minimum atomic E-state index is -0.637. The van der Waals surface area contributed by atoms with E-state index in [4.69, 9.17) is 10.5 Å². The first kappa shape index (κ1) is 12.0. The average Bonchev–Trinajstić information content (AvgIpc) is 2.39. The molecule has 0 aliphatic heterocycles. The normalized spacial score (nSPS) is 10.2. The predicted molar refractivity (Wildman–Crippen MR) is 60.1 cm³/mol. The third-order valence-electron chi connectivity index (χ3n) is 2.25. The number of halogens is 2. The molecule has 0 aromatic carbocycles. The van der Waals surface area contributed by atoms with Gasteiger partial charge in [0, 0.05) is 22.4 Å². The van der Waals surface area contributed by atoms with E-state index in [0.717, 1.165) is 12.1 Å². The molecule has 2 heterocycles. The van der Waals surface area contributed by atoms with Crippen molar-refractivity contribution in [2.75, 3.05) is 12.8 Å². The Kier molecular flexibility index (Phi) is 3.22. The Morgan fingerprint density at radius 2 is 2.11 bits per heavy atom. The van der Waals surface area contributed by atoms with Gasteiger partial charge in [-0.25, -0.2) is 14.4 Å². The van der Waals surface area contributed by atoms with Crippen molar-refractivity contribution in [3.8, 4) is 23.0 Å². The van der Waals surface area contributed by atoms with Crippen LogP contribution in [0.2, 0.25) is 0 Å². The second-order valence-electron chi connectivity index (χ2n) is 3.38. The number of hydrogen-bond donors (Lipinski definition) is 1. The number of nitrogens with zero attached hydrogens (tertiary/aromatic N) is 2. The molecule has 2 aromatic rings. The molecule has 0 saturated heterocycles. The summed E-state index contributed by atoms with van der Waals surface area (Å²) in [5.41, 5.74) is 6.06. The third-order valence-corrected chi connectivity index (χ3v) is 2.25. The number of pyridine rings is 2. The largest absolute Gasteiger partial charge is 0.480 e. The second-order valence-corrected chi connectivity index (χ2v) is 3.38. The lowest BCUT2D eigenvalue weighted by atomic mass is 10.1. The summed E-state index contributed by atoms with van der Waals surface area (Å²) in [4.78, 5) is 11.0. The lowest BCUT2D eigenvalue weighted by molar-refractivity contribution is -0.0118. The number of methoxy groups -OCH3 is 1. The molecule has 0 aliphatic carbocycles. The van der Waals surface area contributed by atoms with Gasteiger partial charge in [-0.3, -0.25) is 4.94 Å². The number of nitrogens with two attached hydrogens (primary N) is 1. The fourth-order valence-corrected chi connectivity index (χ4v) is 1.44. The fourth-order valence-electron chi connectivity index (χ4n) is 1.44. The first-order chi connectivity index (χ1) is 8.65. The fraction of sp³-hybridized carbons (Fsp3) is 0.0909. The standard InChI is InChI=1S/C11H9F2N3O2/c1-17-11-8(14)4-6(5-15-11)10-7(12)2-3-9(16-10)18-13/h2-5H,14H2,1H3. The molecule has 2 rings (SSSR count). The number of aromatic nitrogens is 2. The van der Waals surface area contributed by atoms with Crippen molar-refractivity contribution < 1.29 is 18.6 Å². The van der Waals surface area contributed by atoms with Gasteiger partial charge < -0.3 is 10.5 Å². The Morgan fingerprint density at radius 3 is 2.72 bits per heavy atom. The van der Waals surface area contributed by atoms with Crippen molar-refractivity contribution in [3.05, 3.63) is 30.2 Å². The number of hydrogen-bond acceptors (Lipinski definition) is 5. The quantitative estimate of drug-likeness (QED) is 0.907. The lowest BCUT2D eigenvalue weighted by Crippen LogP contribution is -1.98. The van der Waals surface area contributed by atoms with Crippen molar-refractivity contribution in [2.45, 2.75) is 0 Å². The molecular formula is C11H9F2N3O2. The highest BCUT2D eigenvalue weighted by Crippen LogP contribution is 2.27. The van der Waals surface area contributed by atoms with E-state index >= 15 is 0 Å². The molecule has 5 nitrogen and oxygen atoms in total. The molecule has 7 heteroatoms. The summed E-state index contributed by atoms with van der Waals surface area (Å²) in [6.45, 7) is 0. The molecule has 0 atom stereocenters. The molecule has 18 heavy (non-hydrogen) atoms. The number of nitrogen functional groups attached to an aromatic ring is 1. The smallest absolute Gasteiger partial charge is 0.263 e. The highest BCUT2D eigenvalue weighted by atomic mass is 19.3.